The zero-order valence-electron chi connectivity index (χ0n) is 35.5. The minimum atomic E-state index is -0.103. The van der Waals surface area contributed by atoms with E-state index in [1.54, 1.807) is 22.3 Å². The first kappa shape index (κ1) is 37.9. The van der Waals surface area contributed by atoms with Crippen molar-refractivity contribution in [1.29, 1.82) is 0 Å². The van der Waals surface area contributed by atoms with Crippen LogP contribution >= 0.6 is 0 Å². The third-order valence-electron chi connectivity index (χ3n) is 14.7. The fraction of sp³-hybridized carbons (Fsp3) is 0.368. The minimum absolute atomic E-state index is 0.0998. The van der Waals surface area contributed by atoms with E-state index in [-0.39, 0.29) is 16.2 Å². The minimum Gasteiger partial charge on any atom is -0.0654 e. The van der Waals surface area contributed by atoms with E-state index in [0.717, 1.165) is 0 Å². The summed E-state index contributed by atoms with van der Waals surface area (Å²) in [6, 6.07) is 48.1. The van der Waals surface area contributed by atoms with Crippen molar-refractivity contribution >= 4 is 0 Å². The van der Waals surface area contributed by atoms with Gasteiger partial charge in [0, 0.05) is 16.2 Å². The van der Waals surface area contributed by atoms with Gasteiger partial charge < -0.3 is 0 Å². The van der Waals surface area contributed by atoms with Gasteiger partial charge in [0.1, 0.15) is 0 Å². The number of hydrogen-bond donors (Lipinski definition) is 0. The molecule has 6 aromatic rings. The predicted octanol–water partition coefficient (Wildman–Crippen LogP) is 16.6. The maximum Gasteiger partial charge on any atom is 0.0215 e. The van der Waals surface area contributed by atoms with Crippen molar-refractivity contribution in [1.82, 2.24) is 0 Å². The Morgan fingerprint density at radius 3 is 0.930 bits per heavy atom. The molecule has 0 aliphatic heterocycles. The Balaban J connectivity index is 1.09. The summed E-state index contributed by atoms with van der Waals surface area (Å²) in [4.78, 5) is 0. The molecule has 0 bridgehead atoms. The molecule has 6 aromatic carbocycles. The summed E-state index contributed by atoms with van der Waals surface area (Å²) < 4.78 is 0. The Morgan fingerprint density at radius 2 is 0.596 bits per heavy atom. The maximum absolute atomic E-state index is 2.59. The molecule has 0 heteroatoms. The van der Waals surface area contributed by atoms with E-state index in [1.165, 1.54) is 144 Å². The molecule has 0 unspecified atom stereocenters. The molecule has 0 saturated heterocycles. The van der Waals surface area contributed by atoms with E-state index in [4.69, 9.17) is 0 Å². The van der Waals surface area contributed by atoms with Crippen LogP contribution < -0.4 is 0 Å². The lowest BCUT2D eigenvalue weighted by molar-refractivity contribution is 0.414. The van der Waals surface area contributed by atoms with Crippen molar-refractivity contribution in [2.75, 3.05) is 0 Å². The van der Waals surface area contributed by atoms with Gasteiger partial charge in [-0.25, -0.2) is 0 Å². The molecular formula is C57H62. The van der Waals surface area contributed by atoms with Gasteiger partial charge in [0.2, 0.25) is 0 Å². The summed E-state index contributed by atoms with van der Waals surface area (Å²) in [6.45, 7) is 14.3. The van der Waals surface area contributed by atoms with Crippen LogP contribution in [0.2, 0.25) is 0 Å². The monoisotopic (exact) mass is 746 g/mol. The topological polar surface area (TPSA) is 0 Å². The van der Waals surface area contributed by atoms with E-state index < -0.39 is 0 Å². The van der Waals surface area contributed by atoms with Gasteiger partial charge in [0.05, 0.1) is 0 Å². The van der Waals surface area contributed by atoms with Crippen LogP contribution in [-0.2, 0) is 16.2 Å². The van der Waals surface area contributed by atoms with Gasteiger partial charge in [-0.1, -0.05) is 190 Å². The van der Waals surface area contributed by atoms with Gasteiger partial charge in [-0.15, -0.1) is 0 Å². The molecule has 0 radical (unpaired) electrons. The van der Waals surface area contributed by atoms with Crippen molar-refractivity contribution in [3.63, 3.8) is 0 Å². The fourth-order valence-electron chi connectivity index (χ4n) is 11.6. The summed E-state index contributed by atoms with van der Waals surface area (Å²) in [5.41, 5.74) is 23.2. The number of benzene rings is 6. The Morgan fingerprint density at radius 1 is 0.316 bits per heavy atom. The molecule has 0 saturated carbocycles. The van der Waals surface area contributed by atoms with Crippen molar-refractivity contribution in [3.8, 4) is 55.6 Å². The molecule has 0 fully saturated rings. The Kier molecular flexibility index (Phi) is 9.91. The first-order valence-electron chi connectivity index (χ1n) is 22.6. The third-order valence-corrected chi connectivity index (χ3v) is 14.7. The molecule has 57 heavy (non-hydrogen) atoms. The van der Waals surface area contributed by atoms with Crippen LogP contribution in [0.15, 0.2) is 121 Å². The molecule has 3 aliphatic rings. The quantitative estimate of drug-likeness (QED) is 0.104. The SMILES string of the molecule is CCCCC1(CCCC)c2ccccc2-c2ccc(-c3ccc4c(c3)C(C)(C)c3cc(-c5ccc6c(c5)C(CCCC)(CCCC)c5ccccc5-6)ccc3-4)cc21. The highest BCUT2D eigenvalue weighted by Crippen LogP contribution is 2.57. The third kappa shape index (κ3) is 5.91. The summed E-state index contributed by atoms with van der Waals surface area (Å²) in [6.07, 6.45) is 14.8. The molecule has 0 spiro atoms. The van der Waals surface area contributed by atoms with Gasteiger partial charge in [-0.05, 0) is 139 Å². The standard InChI is InChI=1S/C57H62/c1-7-11-31-56(32-12-8-2)49-21-17-15-19-43(49)47-29-25-41(37-53(47)56)39-23-27-45-46-28-24-40(36-52(46)55(5,6)51(45)35-39)42-26-30-48-44-20-16-18-22-50(44)57(33-13-9-3,34-14-10-4)54(48)38-42/h15-30,35-38H,7-14,31-34H2,1-6H3. The van der Waals surface area contributed by atoms with E-state index in [0.29, 0.717) is 0 Å². The molecule has 0 N–H and O–H groups in total. The first-order valence-corrected chi connectivity index (χ1v) is 22.6. The number of hydrogen-bond acceptors (Lipinski definition) is 0. The molecule has 0 heterocycles. The van der Waals surface area contributed by atoms with Crippen molar-refractivity contribution in [2.24, 2.45) is 0 Å². The zero-order valence-corrected chi connectivity index (χ0v) is 35.5. The van der Waals surface area contributed by atoms with Gasteiger partial charge in [0.15, 0.2) is 0 Å². The number of rotatable bonds is 14. The Bertz CT molecular complexity index is 2270. The highest BCUT2D eigenvalue weighted by Gasteiger charge is 2.44. The lowest BCUT2D eigenvalue weighted by atomic mass is 9.70. The van der Waals surface area contributed by atoms with E-state index in [2.05, 4.69) is 163 Å². The summed E-state index contributed by atoms with van der Waals surface area (Å²) in [5, 5.41) is 0. The highest BCUT2D eigenvalue weighted by molar-refractivity contribution is 5.89. The Labute approximate surface area is 343 Å². The normalized spacial score (nSPS) is 15.8. The van der Waals surface area contributed by atoms with E-state index in [9.17, 15) is 0 Å². The Hall–Kier alpha value is -4.68. The smallest absolute Gasteiger partial charge is 0.0215 e. The molecular weight excluding hydrogens is 685 g/mol. The maximum atomic E-state index is 2.59. The van der Waals surface area contributed by atoms with Crippen molar-refractivity contribution < 1.29 is 0 Å². The number of unbranched alkanes of at least 4 members (excludes halogenated alkanes) is 4. The van der Waals surface area contributed by atoms with Crippen LogP contribution in [0.3, 0.4) is 0 Å². The van der Waals surface area contributed by atoms with Crippen LogP contribution in [0, 0.1) is 0 Å². The molecule has 0 aromatic heterocycles. The molecule has 9 rings (SSSR count). The second-order valence-electron chi connectivity index (χ2n) is 18.3. The van der Waals surface area contributed by atoms with Gasteiger partial charge in [-0.2, -0.15) is 0 Å². The molecule has 3 aliphatic carbocycles. The summed E-state index contributed by atoms with van der Waals surface area (Å²) >= 11 is 0. The van der Waals surface area contributed by atoms with Gasteiger partial charge in [-0.3, -0.25) is 0 Å². The highest BCUT2D eigenvalue weighted by atomic mass is 14.5. The summed E-state index contributed by atoms with van der Waals surface area (Å²) in [7, 11) is 0. The average Bonchev–Trinajstić information content (AvgIpc) is 3.78. The number of fused-ring (bicyclic) bond motifs is 9. The molecule has 290 valence electrons. The van der Waals surface area contributed by atoms with Crippen LogP contribution in [0.5, 0.6) is 0 Å². The molecule has 0 amide bonds. The van der Waals surface area contributed by atoms with Crippen LogP contribution in [0.4, 0.5) is 0 Å². The van der Waals surface area contributed by atoms with Gasteiger partial charge >= 0.3 is 0 Å². The average molecular weight is 747 g/mol. The zero-order chi connectivity index (χ0) is 39.4. The van der Waals surface area contributed by atoms with E-state index >= 15 is 0 Å². The van der Waals surface area contributed by atoms with Gasteiger partial charge in [0.25, 0.3) is 0 Å². The molecule has 0 atom stereocenters. The first-order chi connectivity index (χ1) is 27.8. The van der Waals surface area contributed by atoms with Crippen LogP contribution in [0.1, 0.15) is 152 Å². The largest absolute Gasteiger partial charge is 0.0654 e. The lowest BCUT2D eigenvalue weighted by Gasteiger charge is -2.33. The summed E-state index contributed by atoms with van der Waals surface area (Å²) in [5.74, 6) is 0. The fourth-order valence-corrected chi connectivity index (χ4v) is 11.6. The van der Waals surface area contributed by atoms with Crippen molar-refractivity contribution in [2.45, 2.75) is 135 Å². The van der Waals surface area contributed by atoms with Crippen molar-refractivity contribution in [3.05, 3.63) is 155 Å². The predicted molar refractivity (Wildman–Crippen MR) is 245 cm³/mol. The van der Waals surface area contributed by atoms with E-state index in [1.807, 2.05) is 0 Å². The molecule has 0 nitrogen and oxygen atoms in total. The van der Waals surface area contributed by atoms with Crippen LogP contribution in [-0.4, -0.2) is 0 Å². The second kappa shape index (κ2) is 14.9. The lowest BCUT2D eigenvalue weighted by Crippen LogP contribution is -2.25. The second-order valence-corrected chi connectivity index (χ2v) is 18.3. The van der Waals surface area contributed by atoms with Crippen LogP contribution in [0.25, 0.3) is 55.6 Å².